The smallest absolute Gasteiger partial charge is 0.123 e. The number of hydrogen-bond acceptors (Lipinski definition) is 4. The minimum Gasteiger partial charge on any atom is -0.370 e. The van der Waals surface area contributed by atoms with Crippen molar-refractivity contribution >= 4 is 22.7 Å². The molecule has 3 aromatic carbocycles. The van der Waals surface area contributed by atoms with E-state index in [-0.39, 0.29) is 11.6 Å². The molecule has 0 aromatic heterocycles. The summed E-state index contributed by atoms with van der Waals surface area (Å²) < 4.78 is 27.9. The lowest BCUT2D eigenvalue weighted by molar-refractivity contribution is 0.623. The summed E-state index contributed by atoms with van der Waals surface area (Å²) in [5.74, 6) is -0.411. The van der Waals surface area contributed by atoms with Gasteiger partial charge in [-0.15, -0.1) is 0 Å². The first kappa shape index (κ1) is 20.6. The summed E-state index contributed by atoms with van der Waals surface area (Å²) in [7, 11) is 8.25. The SMILES string of the molecule is CN1Cc2cc3c(cc2N(C)Cc2cc(F)ccc21)CN(C)c1ccc(F)cc1CN3C. The van der Waals surface area contributed by atoms with Gasteiger partial charge in [0.1, 0.15) is 11.6 Å². The molecule has 0 N–H and O–H groups in total. The van der Waals surface area contributed by atoms with Crippen molar-refractivity contribution in [3.63, 3.8) is 0 Å². The van der Waals surface area contributed by atoms with Crippen LogP contribution >= 0.6 is 0 Å². The standard InChI is InChI=1S/C26H28F2N4/c1-29-15-19-11-26-20(12-25(19)31(3)13-17-9-21(27)5-7-23(17)29)16-30(2)24-8-6-22(28)10-18(24)14-32(26)4/h5-12H,13-16H2,1-4H3. The normalized spacial score (nSPS) is 15.7. The first-order valence-corrected chi connectivity index (χ1v) is 10.9. The second kappa shape index (κ2) is 7.69. The van der Waals surface area contributed by atoms with Crippen LogP contribution in [0, 0.1) is 11.6 Å². The number of nitrogens with zero attached hydrogens (tertiary/aromatic N) is 4. The Kier molecular flexibility index (Phi) is 4.96. The van der Waals surface area contributed by atoms with Crippen molar-refractivity contribution in [1.29, 1.82) is 0 Å². The van der Waals surface area contributed by atoms with Gasteiger partial charge in [-0.3, -0.25) is 0 Å². The lowest BCUT2D eigenvalue weighted by atomic mass is 9.99. The maximum absolute atomic E-state index is 13.9. The van der Waals surface area contributed by atoms with Crippen LogP contribution in [0.3, 0.4) is 0 Å². The molecule has 0 amide bonds. The van der Waals surface area contributed by atoms with E-state index >= 15 is 0 Å². The Balaban J connectivity index is 1.59. The highest BCUT2D eigenvalue weighted by molar-refractivity contribution is 5.71. The van der Waals surface area contributed by atoms with Crippen LogP contribution < -0.4 is 19.6 Å². The first-order chi connectivity index (χ1) is 15.3. The Morgan fingerprint density at radius 2 is 0.781 bits per heavy atom. The minimum absolute atomic E-state index is 0.206. The van der Waals surface area contributed by atoms with Gasteiger partial charge in [0.05, 0.1) is 0 Å². The van der Waals surface area contributed by atoms with Gasteiger partial charge in [-0.2, -0.15) is 0 Å². The monoisotopic (exact) mass is 434 g/mol. The number of halogens is 2. The molecule has 4 nitrogen and oxygen atoms in total. The molecular formula is C26H28F2N4. The fraction of sp³-hybridized carbons (Fsp3) is 0.308. The van der Waals surface area contributed by atoms with E-state index in [1.165, 1.54) is 23.3 Å². The van der Waals surface area contributed by atoms with Crippen LogP contribution in [-0.2, 0) is 26.2 Å². The lowest BCUT2D eigenvalue weighted by Gasteiger charge is -2.36. The van der Waals surface area contributed by atoms with Gasteiger partial charge in [0.15, 0.2) is 0 Å². The molecular weight excluding hydrogens is 406 g/mol. The maximum Gasteiger partial charge on any atom is 0.123 e. The second-order valence-electron chi connectivity index (χ2n) is 9.08. The van der Waals surface area contributed by atoms with E-state index in [4.69, 9.17) is 0 Å². The molecule has 166 valence electrons. The van der Waals surface area contributed by atoms with Gasteiger partial charge in [-0.05, 0) is 70.8 Å². The van der Waals surface area contributed by atoms with E-state index in [9.17, 15) is 8.78 Å². The highest BCUT2D eigenvalue weighted by Crippen LogP contribution is 2.38. The summed E-state index contributed by atoms with van der Waals surface area (Å²) in [5, 5.41) is 0. The molecule has 0 saturated heterocycles. The topological polar surface area (TPSA) is 13.0 Å². The van der Waals surface area contributed by atoms with Crippen LogP contribution in [0.4, 0.5) is 31.5 Å². The van der Waals surface area contributed by atoms with Gasteiger partial charge in [-0.25, -0.2) is 8.78 Å². The number of hydrogen-bond donors (Lipinski definition) is 0. The Bertz CT molecular complexity index is 1100. The maximum atomic E-state index is 13.9. The van der Waals surface area contributed by atoms with Gasteiger partial charge >= 0.3 is 0 Å². The lowest BCUT2D eigenvalue weighted by Crippen LogP contribution is -2.30. The zero-order valence-electron chi connectivity index (χ0n) is 19.0. The van der Waals surface area contributed by atoms with Crippen LogP contribution in [0.5, 0.6) is 0 Å². The molecule has 2 heterocycles. The van der Waals surface area contributed by atoms with E-state index in [1.807, 2.05) is 12.1 Å². The van der Waals surface area contributed by atoms with E-state index in [0.29, 0.717) is 13.1 Å². The summed E-state index contributed by atoms with van der Waals surface area (Å²) in [4.78, 5) is 8.80. The van der Waals surface area contributed by atoms with Crippen LogP contribution in [0.1, 0.15) is 22.3 Å². The average molecular weight is 435 g/mol. The van der Waals surface area contributed by atoms with E-state index < -0.39 is 0 Å². The van der Waals surface area contributed by atoms with Crippen molar-refractivity contribution in [3.8, 4) is 0 Å². The Hall–Kier alpha value is -3.28. The molecule has 0 atom stereocenters. The largest absolute Gasteiger partial charge is 0.370 e. The van der Waals surface area contributed by atoms with Gasteiger partial charge in [0, 0.05) is 77.1 Å². The Labute approximate surface area is 188 Å². The van der Waals surface area contributed by atoms with E-state index in [2.05, 4.69) is 59.9 Å². The molecule has 0 aliphatic carbocycles. The summed E-state index contributed by atoms with van der Waals surface area (Å²) >= 11 is 0. The van der Waals surface area contributed by atoms with E-state index in [1.54, 1.807) is 12.1 Å². The molecule has 5 rings (SSSR count). The van der Waals surface area contributed by atoms with Crippen LogP contribution in [-0.4, -0.2) is 28.2 Å². The molecule has 0 spiro atoms. The highest BCUT2D eigenvalue weighted by Gasteiger charge is 2.24. The molecule has 0 saturated carbocycles. The Morgan fingerprint density at radius 1 is 0.469 bits per heavy atom. The quantitative estimate of drug-likeness (QED) is 0.486. The van der Waals surface area contributed by atoms with Crippen LogP contribution in [0.15, 0.2) is 48.5 Å². The molecule has 0 unspecified atom stereocenters. The van der Waals surface area contributed by atoms with Crippen molar-refractivity contribution in [2.75, 3.05) is 47.8 Å². The van der Waals surface area contributed by atoms with Gasteiger partial charge in [0.2, 0.25) is 0 Å². The third-order valence-corrected chi connectivity index (χ3v) is 6.64. The zero-order chi connectivity index (χ0) is 22.6. The van der Waals surface area contributed by atoms with Gasteiger partial charge in [-0.1, -0.05) is 0 Å². The molecule has 2 aliphatic rings. The summed E-state index contributed by atoms with van der Waals surface area (Å²) in [6.45, 7) is 2.72. The number of rotatable bonds is 0. The van der Waals surface area contributed by atoms with Crippen molar-refractivity contribution < 1.29 is 8.78 Å². The average Bonchev–Trinajstić information content (AvgIpc) is 2.72. The van der Waals surface area contributed by atoms with Crippen molar-refractivity contribution in [1.82, 2.24) is 0 Å². The fourth-order valence-corrected chi connectivity index (χ4v) is 5.10. The van der Waals surface area contributed by atoms with Crippen molar-refractivity contribution in [3.05, 3.63) is 82.4 Å². The molecule has 0 bridgehead atoms. The molecule has 6 heteroatoms. The highest BCUT2D eigenvalue weighted by atomic mass is 19.1. The summed E-state index contributed by atoms with van der Waals surface area (Å²) in [6, 6.07) is 14.6. The number of fused-ring (bicyclic) bond motifs is 4. The van der Waals surface area contributed by atoms with Gasteiger partial charge in [0.25, 0.3) is 0 Å². The van der Waals surface area contributed by atoms with Gasteiger partial charge < -0.3 is 19.6 Å². The summed E-state index contributed by atoms with van der Waals surface area (Å²) in [5.41, 5.74) is 8.83. The number of benzene rings is 3. The fourth-order valence-electron chi connectivity index (χ4n) is 5.10. The third-order valence-electron chi connectivity index (χ3n) is 6.64. The molecule has 3 aromatic rings. The molecule has 32 heavy (non-hydrogen) atoms. The zero-order valence-corrected chi connectivity index (χ0v) is 19.0. The molecule has 2 aliphatic heterocycles. The molecule has 0 fully saturated rings. The number of anilines is 4. The van der Waals surface area contributed by atoms with Crippen LogP contribution in [0.2, 0.25) is 0 Å². The summed E-state index contributed by atoms with van der Waals surface area (Å²) in [6.07, 6.45) is 0. The first-order valence-electron chi connectivity index (χ1n) is 10.9. The van der Waals surface area contributed by atoms with Crippen molar-refractivity contribution in [2.45, 2.75) is 26.2 Å². The Morgan fingerprint density at radius 3 is 1.16 bits per heavy atom. The molecule has 0 radical (unpaired) electrons. The minimum atomic E-state index is -0.206. The third kappa shape index (κ3) is 3.53. The van der Waals surface area contributed by atoms with Crippen LogP contribution in [0.25, 0.3) is 0 Å². The van der Waals surface area contributed by atoms with Crippen molar-refractivity contribution in [2.24, 2.45) is 0 Å². The second-order valence-corrected chi connectivity index (χ2v) is 9.08. The van der Waals surface area contributed by atoms with E-state index in [0.717, 1.165) is 47.0 Å². The predicted octanol–water partition coefficient (Wildman–Crippen LogP) is 5.14. The predicted molar refractivity (Wildman–Crippen MR) is 128 cm³/mol.